The molecule has 22 heavy (non-hydrogen) atoms. The van der Waals surface area contributed by atoms with Crippen molar-refractivity contribution in [2.45, 2.75) is 19.9 Å². The van der Waals surface area contributed by atoms with Crippen LogP contribution in [0.2, 0.25) is 0 Å². The summed E-state index contributed by atoms with van der Waals surface area (Å²) in [7, 11) is 0. The Kier molecular flexibility index (Phi) is 6.58. The molecule has 1 heterocycles. The van der Waals surface area contributed by atoms with E-state index in [1.54, 1.807) is 17.9 Å². The molecule has 1 fully saturated rings. The van der Waals surface area contributed by atoms with Gasteiger partial charge in [0.25, 0.3) is 5.91 Å². The summed E-state index contributed by atoms with van der Waals surface area (Å²) in [5.74, 6) is 0.00206. The summed E-state index contributed by atoms with van der Waals surface area (Å²) in [4.78, 5) is 24.7. The largest absolute Gasteiger partial charge is 0.487 e. The lowest BCUT2D eigenvalue weighted by Crippen LogP contribution is -2.51. The van der Waals surface area contributed by atoms with Gasteiger partial charge >= 0.3 is 5.69 Å². The van der Waals surface area contributed by atoms with Crippen LogP contribution < -0.4 is 10.1 Å². The van der Waals surface area contributed by atoms with E-state index in [9.17, 15) is 14.9 Å². The van der Waals surface area contributed by atoms with E-state index in [1.165, 1.54) is 12.1 Å². The lowest BCUT2D eigenvalue weighted by Gasteiger charge is -2.31. The van der Waals surface area contributed by atoms with Crippen molar-refractivity contribution in [2.75, 3.05) is 26.2 Å². The van der Waals surface area contributed by atoms with Crippen LogP contribution in [0.15, 0.2) is 18.2 Å². The Hall–Kier alpha value is -1.86. The molecule has 1 amide bonds. The van der Waals surface area contributed by atoms with Crippen molar-refractivity contribution in [3.05, 3.63) is 33.9 Å². The second kappa shape index (κ2) is 7.95. The number of ether oxygens (including phenoxy) is 1. The molecular weight excluding hydrogens is 310 g/mol. The van der Waals surface area contributed by atoms with Crippen molar-refractivity contribution in [2.24, 2.45) is 0 Å². The molecule has 122 valence electrons. The fourth-order valence-electron chi connectivity index (χ4n) is 2.37. The third kappa shape index (κ3) is 4.08. The average molecular weight is 330 g/mol. The Morgan fingerprint density at radius 2 is 2.27 bits per heavy atom. The van der Waals surface area contributed by atoms with Gasteiger partial charge in [-0.3, -0.25) is 14.9 Å². The summed E-state index contributed by atoms with van der Waals surface area (Å²) in [6.45, 7) is 6.02. The van der Waals surface area contributed by atoms with Crippen LogP contribution in [0.1, 0.15) is 24.2 Å². The van der Waals surface area contributed by atoms with Gasteiger partial charge in [0.2, 0.25) is 0 Å². The van der Waals surface area contributed by atoms with Gasteiger partial charge < -0.3 is 15.0 Å². The molecule has 1 aliphatic rings. The molecule has 1 atom stereocenters. The van der Waals surface area contributed by atoms with Crippen LogP contribution in [0, 0.1) is 10.1 Å². The fourth-order valence-corrected chi connectivity index (χ4v) is 2.37. The van der Waals surface area contributed by atoms with E-state index in [4.69, 9.17) is 4.74 Å². The van der Waals surface area contributed by atoms with E-state index in [-0.39, 0.29) is 35.8 Å². The summed E-state index contributed by atoms with van der Waals surface area (Å²) < 4.78 is 5.22. The molecule has 0 radical (unpaired) electrons. The zero-order valence-corrected chi connectivity index (χ0v) is 13.4. The number of carbonyl (C=O) groups excluding carboxylic acids is 1. The first kappa shape index (κ1) is 18.2. The Balaban J connectivity index is 0.00000242. The van der Waals surface area contributed by atoms with E-state index >= 15 is 0 Å². The number of halogens is 1. The molecule has 1 unspecified atom stereocenters. The molecule has 1 N–H and O–H groups in total. The summed E-state index contributed by atoms with van der Waals surface area (Å²) in [5.41, 5.74) is 0.144. The molecule has 7 nitrogen and oxygen atoms in total. The second-order valence-electron chi connectivity index (χ2n) is 4.98. The third-order valence-electron chi connectivity index (χ3n) is 3.36. The minimum atomic E-state index is -0.526. The number of hydrogen-bond acceptors (Lipinski definition) is 5. The topological polar surface area (TPSA) is 84.7 Å². The quantitative estimate of drug-likeness (QED) is 0.673. The summed E-state index contributed by atoms with van der Waals surface area (Å²) in [6.07, 6.45) is 0. The standard InChI is InChI=1S/C14H19N3O4.ClH/c1-3-21-13-5-4-11(8-12(13)17(19)20)14(18)16-7-6-15-10(2)9-16;/h4-5,8,10,15H,3,6-7,9H2,1-2H3;1H. The Morgan fingerprint density at radius 1 is 1.55 bits per heavy atom. The van der Waals surface area contributed by atoms with E-state index in [2.05, 4.69) is 5.32 Å². The summed E-state index contributed by atoms with van der Waals surface area (Å²) in [5, 5.41) is 14.3. The maximum Gasteiger partial charge on any atom is 0.311 e. The number of benzene rings is 1. The fraction of sp³-hybridized carbons (Fsp3) is 0.500. The molecule has 1 aromatic carbocycles. The zero-order chi connectivity index (χ0) is 15.4. The molecule has 8 heteroatoms. The lowest BCUT2D eigenvalue weighted by atomic mass is 10.1. The van der Waals surface area contributed by atoms with Crippen LogP contribution in [0.25, 0.3) is 0 Å². The van der Waals surface area contributed by atoms with Crippen molar-refractivity contribution in [3.63, 3.8) is 0 Å². The second-order valence-corrected chi connectivity index (χ2v) is 4.98. The van der Waals surface area contributed by atoms with Gasteiger partial charge in [-0.15, -0.1) is 12.4 Å². The molecule has 0 aromatic heterocycles. The SMILES string of the molecule is CCOc1ccc(C(=O)N2CCNC(C)C2)cc1[N+](=O)[O-].Cl. The molecule has 0 aliphatic carbocycles. The molecule has 1 aromatic rings. The van der Waals surface area contributed by atoms with Gasteiger partial charge in [0, 0.05) is 37.3 Å². The Morgan fingerprint density at radius 3 is 2.86 bits per heavy atom. The smallest absolute Gasteiger partial charge is 0.311 e. The number of carbonyl (C=O) groups is 1. The highest BCUT2D eigenvalue weighted by molar-refractivity contribution is 5.95. The van der Waals surface area contributed by atoms with E-state index in [0.717, 1.165) is 6.54 Å². The highest BCUT2D eigenvalue weighted by atomic mass is 35.5. The third-order valence-corrected chi connectivity index (χ3v) is 3.36. The molecule has 0 spiro atoms. The molecule has 0 saturated carbocycles. The number of rotatable bonds is 4. The first-order chi connectivity index (χ1) is 10.0. The van der Waals surface area contributed by atoms with Crippen molar-refractivity contribution in [1.29, 1.82) is 0 Å². The van der Waals surface area contributed by atoms with Crippen LogP contribution in [0.5, 0.6) is 5.75 Å². The van der Waals surface area contributed by atoms with Gasteiger partial charge in [0.15, 0.2) is 5.75 Å². The Bertz CT molecular complexity index is 553. The normalized spacial score (nSPS) is 17.5. The number of nitro benzene ring substituents is 1. The number of amides is 1. The van der Waals surface area contributed by atoms with Crippen molar-refractivity contribution in [1.82, 2.24) is 10.2 Å². The first-order valence-electron chi connectivity index (χ1n) is 6.96. The highest BCUT2D eigenvalue weighted by Gasteiger charge is 2.24. The molecule has 1 aliphatic heterocycles. The van der Waals surface area contributed by atoms with Gasteiger partial charge in [-0.05, 0) is 26.0 Å². The van der Waals surface area contributed by atoms with Gasteiger partial charge in [-0.1, -0.05) is 0 Å². The predicted molar refractivity (Wildman–Crippen MR) is 84.9 cm³/mol. The average Bonchev–Trinajstić information content (AvgIpc) is 2.47. The lowest BCUT2D eigenvalue weighted by molar-refractivity contribution is -0.385. The van der Waals surface area contributed by atoms with E-state index in [0.29, 0.717) is 25.3 Å². The maximum atomic E-state index is 12.4. The maximum absolute atomic E-state index is 12.4. The molecule has 2 rings (SSSR count). The molecule has 1 saturated heterocycles. The van der Waals surface area contributed by atoms with Crippen molar-refractivity contribution < 1.29 is 14.5 Å². The van der Waals surface area contributed by atoms with Gasteiger partial charge in [-0.2, -0.15) is 0 Å². The first-order valence-corrected chi connectivity index (χ1v) is 6.96. The zero-order valence-electron chi connectivity index (χ0n) is 12.6. The van der Waals surface area contributed by atoms with E-state index in [1.807, 2.05) is 6.92 Å². The van der Waals surface area contributed by atoms with Crippen LogP contribution in [-0.4, -0.2) is 48.0 Å². The minimum absolute atomic E-state index is 0. The number of hydrogen-bond donors (Lipinski definition) is 1. The van der Waals surface area contributed by atoms with Gasteiger partial charge in [0.1, 0.15) is 0 Å². The van der Waals surface area contributed by atoms with Crippen molar-refractivity contribution in [3.8, 4) is 5.75 Å². The van der Waals surface area contributed by atoms with E-state index < -0.39 is 4.92 Å². The highest BCUT2D eigenvalue weighted by Crippen LogP contribution is 2.28. The monoisotopic (exact) mass is 329 g/mol. The number of nitrogens with zero attached hydrogens (tertiary/aromatic N) is 2. The number of piperazine rings is 1. The molecular formula is C14H20ClN3O4. The van der Waals surface area contributed by atoms with Gasteiger partial charge in [-0.25, -0.2) is 0 Å². The minimum Gasteiger partial charge on any atom is -0.487 e. The van der Waals surface area contributed by atoms with Crippen LogP contribution in [-0.2, 0) is 0 Å². The van der Waals surface area contributed by atoms with Crippen LogP contribution in [0.3, 0.4) is 0 Å². The Labute approximate surface area is 135 Å². The van der Waals surface area contributed by atoms with Crippen LogP contribution >= 0.6 is 12.4 Å². The molecule has 0 bridgehead atoms. The predicted octanol–water partition coefficient (Wildman–Crippen LogP) is 1.85. The number of nitrogens with one attached hydrogen (secondary N) is 1. The summed E-state index contributed by atoms with van der Waals surface area (Å²) >= 11 is 0. The van der Waals surface area contributed by atoms with Crippen molar-refractivity contribution >= 4 is 24.0 Å². The van der Waals surface area contributed by atoms with Gasteiger partial charge in [0.05, 0.1) is 11.5 Å². The number of nitro groups is 1. The summed E-state index contributed by atoms with van der Waals surface area (Å²) in [6, 6.07) is 4.58. The van der Waals surface area contributed by atoms with Crippen LogP contribution in [0.4, 0.5) is 5.69 Å².